The molecule has 0 saturated carbocycles. The van der Waals surface area contributed by atoms with Crippen LogP contribution in [0.25, 0.3) is 17.2 Å². The van der Waals surface area contributed by atoms with Crippen LogP contribution in [0.3, 0.4) is 0 Å². The summed E-state index contributed by atoms with van der Waals surface area (Å²) in [5.74, 6) is 0. The second kappa shape index (κ2) is 18.6. The van der Waals surface area contributed by atoms with Crippen LogP contribution in [0.15, 0.2) is 170 Å². The van der Waals surface area contributed by atoms with Gasteiger partial charge in [-0.25, -0.2) is 6.08 Å². The maximum atomic E-state index is 5.54. The van der Waals surface area contributed by atoms with E-state index in [1.807, 2.05) is 0 Å². The first-order chi connectivity index (χ1) is 24.1. The largest absolute Gasteiger partial charge is 1.00 e. The zero-order valence-electron chi connectivity index (χ0n) is 28.9. The maximum Gasteiger partial charge on any atom is 1.00 e. The zero-order chi connectivity index (χ0) is 33.6. The van der Waals surface area contributed by atoms with Crippen molar-refractivity contribution in [3.8, 4) is 11.1 Å². The normalized spacial score (nSPS) is 14.2. The van der Waals surface area contributed by atoms with Crippen LogP contribution < -0.4 is 26.5 Å². The third kappa shape index (κ3) is 8.92. The summed E-state index contributed by atoms with van der Waals surface area (Å²) >= 11 is 0. The molecule has 8 rings (SSSR count). The van der Waals surface area contributed by atoms with Gasteiger partial charge >= 0.3 is 22.4 Å². The van der Waals surface area contributed by atoms with Gasteiger partial charge < -0.3 is 0 Å². The van der Waals surface area contributed by atoms with Crippen molar-refractivity contribution in [3.63, 3.8) is 0 Å². The first-order valence-electron chi connectivity index (χ1n) is 17.2. The smallest absolute Gasteiger partial charge is 0.292 e. The molecule has 261 valence electrons. The Kier molecular flexibility index (Phi) is 14.2. The Morgan fingerprint density at radius 1 is 0.588 bits per heavy atom. The van der Waals surface area contributed by atoms with Crippen LogP contribution >= 0.6 is 15.8 Å². The van der Waals surface area contributed by atoms with E-state index < -0.39 is 15.8 Å². The van der Waals surface area contributed by atoms with Crippen molar-refractivity contribution >= 4 is 48.4 Å². The van der Waals surface area contributed by atoms with Crippen LogP contribution in [0.4, 0.5) is 0 Å². The molecule has 0 bridgehead atoms. The average molecular weight is 1060 g/mol. The third-order valence-electron chi connectivity index (χ3n) is 9.77. The van der Waals surface area contributed by atoms with E-state index in [9.17, 15) is 0 Å². The van der Waals surface area contributed by atoms with Gasteiger partial charge in [-0.1, -0.05) is 103 Å². The van der Waals surface area contributed by atoms with Crippen molar-refractivity contribution in [2.24, 2.45) is 0 Å². The number of aryl methyl sites for hydroxylation is 2. The van der Waals surface area contributed by atoms with Gasteiger partial charge in [-0.15, -0.1) is 12.1 Å². The summed E-state index contributed by atoms with van der Waals surface area (Å²) < 4.78 is 0. The fourth-order valence-electron chi connectivity index (χ4n) is 7.16. The fraction of sp³-hybridized carbons (Fsp3) is 0.106. The fourth-order valence-corrected chi connectivity index (χ4v) is 13.7. The number of allylic oxidation sites excluding steroid dienone is 4. The summed E-state index contributed by atoms with van der Waals surface area (Å²) in [6.07, 6.45) is 13.1. The van der Waals surface area contributed by atoms with Gasteiger partial charge in [-0.05, 0) is 108 Å². The first-order valence-corrected chi connectivity index (χ1v) is 20.3. The van der Waals surface area contributed by atoms with Crippen LogP contribution in [0, 0.1) is 20.4 Å². The van der Waals surface area contributed by atoms with Crippen LogP contribution in [0.2, 0.25) is 0 Å². The van der Waals surface area contributed by atoms with Gasteiger partial charge in [-0.2, -0.15) is 5.56 Å². The van der Waals surface area contributed by atoms with Gasteiger partial charge in [0.2, 0.25) is 0 Å². The van der Waals surface area contributed by atoms with Gasteiger partial charge in [-0.3, -0.25) is 6.58 Å². The summed E-state index contributed by atoms with van der Waals surface area (Å²) in [6, 6.07) is 53.7. The van der Waals surface area contributed by atoms with E-state index >= 15 is 0 Å². The average Bonchev–Trinajstić information content (AvgIpc) is 3.54. The van der Waals surface area contributed by atoms with Crippen molar-refractivity contribution in [1.29, 1.82) is 0 Å². The monoisotopic (exact) mass is 1060 g/mol. The molecule has 2 aliphatic carbocycles. The SMILES string of the molecule is Cc1cc([PH+](c2ccccc2)c2ccccc2)c([PH+](c2ccccc2)C2C=CC=CC2)cc1C.[Au+].[Au].[CH-]=Cc1ccc2c(c1)-c1ccccc1C2. The van der Waals surface area contributed by atoms with Crippen molar-refractivity contribution in [3.05, 3.63) is 204 Å². The van der Waals surface area contributed by atoms with Crippen LogP contribution in [0.5, 0.6) is 0 Å². The Bertz CT molecular complexity index is 2080. The Balaban J connectivity index is 0.000000248. The molecule has 0 saturated heterocycles. The van der Waals surface area contributed by atoms with E-state index in [1.54, 1.807) is 16.7 Å². The minimum atomic E-state index is -1.15. The second-order valence-corrected chi connectivity index (χ2v) is 18.1. The van der Waals surface area contributed by atoms with Gasteiger partial charge in [0.25, 0.3) is 0 Å². The van der Waals surface area contributed by atoms with Gasteiger partial charge in [0.05, 0.1) is 18.9 Å². The number of fused-ring (bicyclic) bond motifs is 3. The molecule has 51 heavy (non-hydrogen) atoms. The molecular formula is C47H43Au2P2+2. The van der Waals surface area contributed by atoms with Gasteiger partial charge in [0.1, 0.15) is 29.1 Å². The van der Waals surface area contributed by atoms with Gasteiger partial charge in [0, 0.05) is 28.8 Å². The molecule has 0 amide bonds. The van der Waals surface area contributed by atoms with Crippen LogP contribution in [-0.4, -0.2) is 5.66 Å². The Morgan fingerprint density at radius 3 is 1.73 bits per heavy atom. The van der Waals surface area contributed by atoms with E-state index in [1.165, 1.54) is 49.3 Å². The number of hydrogen-bond acceptors (Lipinski definition) is 0. The van der Waals surface area contributed by atoms with Gasteiger partial charge in [0.15, 0.2) is 0 Å². The molecule has 6 aromatic rings. The summed E-state index contributed by atoms with van der Waals surface area (Å²) in [7, 11) is -2.19. The summed E-state index contributed by atoms with van der Waals surface area (Å²) in [5.41, 5.74) is 9.94. The third-order valence-corrected chi connectivity index (χ3v) is 15.9. The van der Waals surface area contributed by atoms with Crippen LogP contribution in [-0.2, 0) is 51.2 Å². The number of hydrogen-bond donors (Lipinski definition) is 0. The van der Waals surface area contributed by atoms with Crippen molar-refractivity contribution in [2.75, 3.05) is 0 Å². The standard InChI is InChI=1S/C32H30P2.C15H11.2Au/c1-25-23-31(33(27-15-7-3-8-16-27)28-17-9-4-10-18-28)32(24-26(25)2)34(29-19-11-5-12-20-29)30-21-13-6-14-22-30;1-2-11-7-8-13-10-12-5-3-4-6-14(12)15(13)9-11;;/h3-21,23-24,30H,22H2,1-2H3;1-9H,10H2;;/q;-1;;+1/p+2. The van der Waals surface area contributed by atoms with Crippen LogP contribution in [0.1, 0.15) is 34.2 Å². The Morgan fingerprint density at radius 2 is 1.14 bits per heavy atom. The Labute approximate surface area is 338 Å². The van der Waals surface area contributed by atoms with Crippen molar-refractivity contribution in [1.82, 2.24) is 0 Å². The topological polar surface area (TPSA) is 0 Å². The minimum Gasteiger partial charge on any atom is -0.292 e. The molecule has 1 radical (unpaired) electrons. The van der Waals surface area contributed by atoms with E-state index in [0.29, 0.717) is 5.66 Å². The zero-order valence-corrected chi connectivity index (χ0v) is 35.2. The van der Waals surface area contributed by atoms with E-state index in [-0.39, 0.29) is 44.8 Å². The summed E-state index contributed by atoms with van der Waals surface area (Å²) in [5, 5.41) is 7.56. The molecule has 0 heterocycles. The molecule has 0 aromatic heterocycles. The maximum absolute atomic E-state index is 5.54. The number of benzene rings is 6. The summed E-state index contributed by atoms with van der Waals surface area (Å²) in [4.78, 5) is 0. The predicted molar refractivity (Wildman–Crippen MR) is 220 cm³/mol. The molecule has 0 fully saturated rings. The molecule has 2 unspecified atom stereocenters. The molecule has 4 heteroatoms. The molecule has 0 nitrogen and oxygen atoms in total. The first kappa shape index (κ1) is 39.1. The van der Waals surface area contributed by atoms with E-state index in [2.05, 4.69) is 184 Å². The molecular weight excluding hydrogens is 1020 g/mol. The molecule has 0 N–H and O–H groups in total. The molecule has 2 atom stereocenters. The molecule has 6 aromatic carbocycles. The van der Waals surface area contributed by atoms with E-state index in [0.717, 1.165) is 18.4 Å². The van der Waals surface area contributed by atoms with Crippen molar-refractivity contribution < 1.29 is 44.8 Å². The summed E-state index contributed by atoms with van der Waals surface area (Å²) in [6.45, 7) is 10.1. The predicted octanol–water partition coefficient (Wildman–Crippen LogP) is 9.54. The molecule has 0 aliphatic heterocycles. The molecule has 2 aliphatic rings. The van der Waals surface area contributed by atoms with Crippen molar-refractivity contribution in [2.45, 2.75) is 32.3 Å². The quantitative estimate of drug-likeness (QED) is 0.0849. The van der Waals surface area contributed by atoms with E-state index in [4.69, 9.17) is 6.58 Å². The number of rotatable bonds is 7. The second-order valence-electron chi connectivity index (χ2n) is 12.9. The molecule has 0 spiro atoms. The Hall–Kier alpha value is -3.12. The minimum absolute atomic E-state index is 0.